The van der Waals surface area contributed by atoms with Gasteiger partial charge >= 0.3 is 0 Å². The lowest BCUT2D eigenvalue weighted by Crippen LogP contribution is -2.31. The third kappa shape index (κ3) is 3.33. The molecule has 3 aromatic rings. The van der Waals surface area contributed by atoms with Gasteiger partial charge in [0.05, 0.1) is 11.7 Å². The smallest absolute Gasteiger partial charge is 0.0731 e. The van der Waals surface area contributed by atoms with Gasteiger partial charge in [0.15, 0.2) is 0 Å². The Balaban J connectivity index is 1.59. The van der Waals surface area contributed by atoms with E-state index in [2.05, 4.69) is 85.9 Å². The maximum Gasteiger partial charge on any atom is 0.0731 e. The number of nitrogens with one attached hydrogen (secondary N) is 1. The summed E-state index contributed by atoms with van der Waals surface area (Å²) in [6.07, 6.45) is 4.43. The van der Waals surface area contributed by atoms with Crippen LogP contribution < -0.4 is 5.32 Å². The monoisotopic (exact) mass is 340 g/mol. The Morgan fingerprint density at radius 3 is 2.23 bits per heavy atom. The summed E-state index contributed by atoms with van der Waals surface area (Å²) < 4.78 is 0. The predicted molar refractivity (Wildman–Crippen MR) is 108 cm³/mol. The third-order valence-corrected chi connectivity index (χ3v) is 5.17. The van der Waals surface area contributed by atoms with Crippen LogP contribution in [0.25, 0.3) is 11.3 Å². The Kier molecular flexibility index (Phi) is 4.68. The molecule has 2 nitrogen and oxygen atoms in total. The zero-order chi connectivity index (χ0) is 17.9. The van der Waals surface area contributed by atoms with Crippen LogP contribution in [-0.2, 0) is 0 Å². The molecular formula is C24H24N2. The van der Waals surface area contributed by atoms with Crippen molar-refractivity contribution < 1.29 is 0 Å². The molecule has 2 heterocycles. The van der Waals surface area contributed by atoms with Crippen LogP contribution in [0.1, 0.15) is 35.6 Å². The summed E-state index contributed by atoms with van der Waals surface area (Å²) in [6, 6.07) is 23.6. The van der Waals surface area contributed by atoms with Gasteiger partial charge in [0.1, 0.15) is 0 Å². The molecule has 2 heteroatoms. The number of nitrogens with zero attached hydrogens (tertiary/aromatic N) is 1. The fraction of sp³-hybridized carbons (Fsp3) is 0.208. The number of benzene rings is 2. The highest BCUT2D eigenvalue weighted by Crippen LogP contribution is 2.32. The fourth-order valence-corrected chi connectivity index (χ4v) is 3.82. The first-order chi connectivity index (χ1) is 12.7. The van der Waals surface area contributed by atoms with E-state index >= 15 is 0 Å². The molecule has 1 aliphatic heterocycles. The van der Waals surface area contributed by atoms with E-state index in [1.807, 2.05) is 12.3 Å². The highest BCUT2D eigenvalue weighted by Gasteiger charge is 2.22. The molecule has 130 valence electrons. The predicted octanol–water partition coefficient (Wildman–Crippen LogP) is 5.43. The van der Waals surface area contributed by atoms with Gasteiger partial charge in [0.25, 0.3) is 0 Å². The minimum Gasteiger partial charge on any atom is -0.306 e. The Morgan fingerprint density at radius 1 is 0.885 bits per heavy atom. The summed E-state index contributed by atoms with van der Waals surface area (Å²) in [5.74, 6) is 0.367. The minimum atomic E-state index is 0.310. The van der Waals surface area contributed by atoms with Crippen LogP contribution in [0.5, 0.6) is 0 Å². The molecule has 0 aliphatic carbocycles. The number of hydrogen-bond donors (Lipinski definition) is 1. The molecule has 1 aliphatic rings. The fourth-order valence-electron chi connectivity index (χ4n) is 3.82. The van der Waals surface area contributed by atoms with E-state index < -0.39 is 0 Å². The van der Waals surface area contributed by atoms with Gasteiger partial charge in [0, 0.05) is 24.2 Å². The van der Waals surface area contributed by atoms with E-state index in [0.717, 1.165) is 12.2 Å². The quantitative estimate of drug-likeness (QED) is 0.643. The summed E-state index contributed by atoms with van der Waals surface area (Å²) in [4.78, 5) is 4.77. The van der Waals surface area contributed by atoms with Crippen molar-refractivity contribution in [1.29, 1.82) is 0 Å². The molecule has 0 amide bonds. The van der Waals surface area contributed by atoms with Gasteiger partial charge in [-0.15, -0.1) is 0 Å². The summed E-state index contributed by atoms with van der Waals surface area (Å²) in [5, 5.41) is 3.70. The lowest BCUT2D eigenvalue weighted by molar-refractivity contribution is 0.537. The van der Waals surface area contributed by atoms with E-state index in [9.17, 15) is 0 Å². The normalized spacial score (nSPS) is 19.8. The van der Waals surface area contributed by atoms with Gasteiger partial charge in [-0.3, -0.25) is 4.98 Å². The van der Waals surface area contributed by atoms with Crippen molar-refractivity contribution >= 4 is 0 Å². The zero-order valence-corrected chi connectivity index (χ0v) is 15.3. The first-order valence-corrected chi connectivity index (χ1v) is 9.21. The average Bonchev–Trinajstić information content (AvgIpc) is 2.69. The van der Waals surface area contributed by atoms with E-state index in [4.69, 9.17) is 4.98 Å². The topological polar surface area (TPSA) is 24.9 Å². The summed E-state index contributed by atoms with van der Waals surface area (Å²) in [5.41, 5.74) is 7.45. The zero-order valence-electron chi connectivity index (χ0n) is 15.3. The van der Waals surface area contributed by atoms with Crippen LogP contribution in [0.15, 0.2) is 84.6 Å². The molecule has 1 aromatic heterocycles. The number of aromatic nitrogens is 1. The lowest BCUT2D eigenvalue weighted by atomic mass is 9.88. The Bertz CT molecular complexity index is 913. The van der Waals surface area contributed by atoms with Crippen LogP contribution in [0, 0.1) is 6.92 Å². The Hall–Kier alpha value is -2.71. The number of rotatable bonds is 3. The summed E-state index contributed by atoms with van der Waals surface area (Å²) in [6.45, 7) is 5.30. The van der Waals surface area contributed by atoms with Gasteiger partial charge in [-0.25, -0.2) is 0 Å². The third-order valence-electron chi connectivity index (χ3n) is 5.17. The largest absolute Gasteiger partial charge is 0.306 e. The number of pyridine rings is 1. The van der Waals surface area contributed by atoms with Crippen LogP contribution >= 0.6 is 0 Å². The van der Waals surface area contributed by atoms with Crippen molar-refractivity contribution in [2.45, 2.75) is 25.8 Å². The van der Waals surface area contributed by atoms with Gasteiger partial charge in [-0.2, -0.15) is 0 Å². The molecule has 2 unspecified atom stereocenters. The first kappa shape index (κ1) is 16.7. The van der Waals surface area contributed by atoms with Crippen LogP contribution in [-0.4, -0.2) is 11.5 Å². The first-order valence-electron chi connectivity index (χ1n) is 9.21. The van der Waals surface area contributed by atoms with Gasteiger partial charge in [-0.1, -0.05) is 78.4 Å². The second-order valence-corrected chi connectivity index (χ2v) is 7.07. The highest BCUT2D eigenvalue weighted by molar-refractivity contribution is 5.63. The van der Waals surface area contributed by atoms with Gasteiger partial charge in [0.2, 0.25) is 0 Å². The Labute approximate surface area is 155 Å². The summed E-state index contributed by atoms with van der Waals surface area (Å²) in [7, 11) is 0. The number of hydrogen-bond acceptors (Lipinski definition) is 2. The molecule has 2 atom stereocenters. The average molecular weight is 340 g/mol. The molecule has 26 heavy (non-hydrogen) atoms. The Morgan fingerprint density at radius 2 is 1.58 bits per heavy atom. The van der Waals surface area contributed by atoms with Gasteiger partial charge in [-0.05, 0) is 30.5 Å². The molecule has 0 saturated heterocycles. The van der Waals surface area contributed by atoms with Crippen LogP contribution in [0.2, 0.25) is 0 Å². The molecule has 2 aromatic carbocycles. The lowest BCUT2D eigenvalue weighted by Gasteiger charge is -2.29. The molecule has 0 bridgehead atoms. The summed E-state index contributed by atoms with van der Waals surface area (Å²) >= 11 is 0. The molecule has 1 N–H and O–H groups in total. The SMILES string of the molecule is CC1=CC(c2cnc(-c3ccccc3)c(C)c2)CNC1c1ccccc1. The van der Waals surface area contributed by atoms with E-state index in [1.54, 1.807) is 0 Å². The molecule has 4 rings (SSSR count). The van der Waals surface area contributed by atoms with Crippen molar-refractivity contribution in [3.05, 3.63) is 101 Å². The maximum atomic E-state index is 4.77. The van der Waals surface area contributed by atoms with E-state index in [-0.39, 0.29) is 0 Å². The van der Waals surface area contributed by atoms with Crippen LogP contribution in [0.3, 0.4) is 0 Å². The van der Waals surface area contributed by atoms with Crippen LogP contribution in [0.4, 0.5) is 0 Å². The van der Waals surface area contributed by atoms with Crippen molar-refractivity contribution in [2.75, 3.05) is 6.54 Å². The second-order valence-electron chi connectivity index (χ2n) is 7.07. The minimum absolute atomic E-state index is 0.310. The standard InChI is InChI=1S/C24H24N2/c1-17-13-21(15-25-23(17)19-9-5-3-6-10-19)22-14-18(2)24(26-16-22)20-11-7-4-8-12-20/h3-15,22,24,26H,16H2,1-2H3. The maximum absolute atomic E-state index is 4.77. The van der Waals surface area contributed by atoms with Gasteiger partial charge < -0.3 is 5.32 Å². The molecule has 0 radical (unpaired) electrons. The van der Waals surface area contributed by atoms with Crippen molar-refractivity contribution in [3.63, 3.8) is 0 Å². The molecule has 0 fully saturated rings. The van der Waals surface area contributed by atoms with E-state index in [1.165, 1.54) is 27.8 Å². The second kappa shape index (κ2) is 7.27. The highest BCUT2D eigenvalue weighted by atomic mass is 14.9. The molecular weight excluding hydrogens is 316 g/mol. The van der Waals surface area contributed by atoms with Crippen molar-refractivity contribution in [2.24, 2.45) is 0 Å². The molecule has 0 saturated carbocycles. The van der Waals surface area contributed by atoms with E-state index in [0.29, 0.717) is 12.0 Å². The molecule has 0 spiro atoms. The van der Waals surface area contributed by atoms with Crippen molar-refractivity contribution in [1.82, 2.24) is 10.3 Å². The number of aryl methyl sites for hydroxylation is 1. The van der Waals surface area contributed by atoms with Crippen molar-refractivity contribution in [3.8, 4) is 11.3 Å².